The summed E-state index contributed by atoms with van der Waals surface area (Å²) in [6.45, 7) is 2.76. The SMILES string of the molecule is CCNc1cnc(CO)cn1. The Morgan fingerprint density at radius 1 is 1.45 bits per heavy atom. The standard InChI is InChI=1S/C7H11N3O/c1-2-8-7-4-9-6(5-11)3-10-7/h3-4,11H,2,5H2,1H3,(H,8,10). The minimum atomic E-state index is -0.0561. The molecule has 1 heterocycles. The Bertz CT molecular complexity index is 209. The molecule has 4 heteroatoms. The molecule has 0 fully saturated rings. The van der Waals surface area contributed by atoms with Crippen molar-refractivity contribution in [1.82, 2.24) is 9.97 Å². The van der Waals surface area contributed by atoms with Crippen molar-refractivity contribution in [3.05, 3.63) is 18.1 Å². The molecule has 1 aromatic rings. The number of aliphatic hydroxyl groups is 1. The fourth-order valence-electron chi connectivity index (χ4n) is 0.709. The Kier molecular flexibility index (Phi) is 2.80. The summed E-state index contributed by atoms with van der Waals surface area (Å²) in [6, 6.07) is 0. The van der Waals surface area contributed by atoms with Gasteiger partial charge in [0, 0.05) is 6.54 Å². The molecule has 0 saturated carbocycles. The van der Waals surface area contributed by atoms with Crippen molar-refractivity contribution < 1.29 is 5.11 Å². The summed E-state index contributed by atoms with van der Waals surface area (Å²) in [5.41, 5.74) is 0.589. The van der Waals surface area contributed by atoms with Gasteiger partial charge in [-0.25, -0.2) is 4.98 Å². The van der Waals surface area contributed by atoms with Gasteiger partial charge >= 0.3 is 0 Å². The van der Waals surface area contributed by atoms with Gasteiger partial charge in [0.2, 0.25) is 0 Å². The van der Waals surface area contributed by atoms with E-state index in [0.717, 1.165) is 12.4 Å². The van der Waals surface area contributed by atoms with Crippen molar-refractivity contribution in [2.24, 2.45) is 0 Å². The second-order valence-corrected chi connectivity index (χ2v) is 2.08. The molecule has 60 valence electrons. The molecule has 0 aliphatic heterocycles. The van der Waals surface area contributed by atoms with Gasteiger partial charge in [-0.1, -0.05) is 0 Å². The number of rotatable bonds is 3. The highest BCUT2D eigenvalue weighted by atomic mass is 16.3. The lowest BCUT2D eigenvalue weighted by atomic mass is 10.5. The van der Waals surface area contributed by atoms with Gasteiger partial charge in [-0.2, -0.15) is 0 Å². The van der Waals surface area contributed by atoms with Crippen molar-refractivity contribution >= 4 is 5.82 Å². The fraction of sp³-hybridized carbons (Fsp3) is 0.429. The predicted molar refractivity (Wildman–Crippen MR) is 42.1 cm³/mol. The summed E-state index contributed by atoms with van der Waals surface area (Å²) in [5.74, 6) is 0.740. The zero-order chi connectivity index (χ0) is 8.10. The van der Waals surface area contributed by atoms with Crippen molar-refractivity contribution in [2.75, 3.05) is 11.9 Å². The maximum absolute atomic E-state index is 8.64. The lowest BCUT2D eigenvalue weighted by Crippen LogP contribution is -2.00. The topological polar surface area (TPSA) is 58.0 Å². The van der Waals surface area contributed by atoms with Crippen LogP contribution in [0.2, 0.25) is 0 Å². The lowest BCUT2D eigenvalue weighted by Gasteiger charge is -2.00. The molecule has 4 nitrogen and oxygen atoms in total. The van der Waals surface area contributed by atoms with Crippen LogP contribution in [0.5, 0.6) is 0 Å². The molecule has 0 radical (unpaired) electrons. The number of hydrogen-bond donors (Lipinski definition) is 2. The molecule has 2 N–H and O–H groups in total. The highest BCUT2D eigenvalue weighted by Crippen LogP contribution is 1.99. The Morgan fingerprint density at radius 2 is 2.27 bits per heavy atom. The van der Waals surface area contributed by atoms with Gasteiger partial charge in [0.1, 0.15) is 5.82 Å². The Balaban J connectivity index is 2.66. The molecule has 0 aliphatic carbocycles. The van der Waals surface area contributed by atoms with E-state index >= 15 is 0 Å². The number of nitrogens with one attached hydrogen (secondary N) is 1. The molecule has 0 unspecified atom stereocenters. The average molecular weight is 153 g/mol. The largest absolute Gasteiger partial charge is 0.390 e. The minimum absolute atomic E-state index is 0.0561. The highest BCUT2D eigenvalue weighted by molar-refractivity contribution is 5.30. The summed E-state index contributed by atoms with van der Waals surface area (Å²) >= 11 is 0. The summed E-state index contributed by atoms with van der Waals surface area (Å²) in [4.78, 5) is 7.95. The highest BCUT2D eigenvalue weighted by Gasteiger charge is 1.92. The van der Waals surface area contributed by atoms with Gasteiger partial charge < -0.3 is 10.4 Å². The summed E-state index contributed by atoms with van der Waals surface area (Å²) < 4.78 is 0. The normalized spacial score (nSPS) is 9.64. The first kappa shape index (κ1) is 7.94. The first-order valence-electron chi connectivity index (χ1n) is 3.52. The van der Waals surface area contributed by atoms with Crippen LogP contribution in [0.3, 0.4) is 0 Å². The van der Waals surface area contributed by atoms with Gasteiger partial charge in [-0.3, -0.25) is 4.98 Å². The molecule has 0 saturated heterocycles. The monoisotopic (exact) mass is 153 g/mol. The molecular formula is C7H11N3O. The van der Waals surface area contributed by atoms with Crippen molar-refractivity contribution in [1.29, 1.82) is 0 Å². The molecule has 0 aliphatic rings. The van der Waals surface area contributed by atoms with Crippen LogP contribution in [0.15, 0.2) is 12.4 Å². The van der Waals surface area contributed by atoms with Gasteiger partial charge in [0.05, 0.1) is 24.7 Å². The first-order chi connectivity index (χ1) is 5.36. The molecule has 0 amide bonds. The third-order valence-corrected chi connectivity index (χ3v) is 1.23. The van der Waals surface area contributed by atoms with Crippen LogP contribution < -0.4 is 5.32 Å². The molecule has 0 spiro atoms. The number of aromatic nitrogens is 2. The molecule has 1 rings (SSSR count). The van der Waals surface area contributed by atoms with Gasteiger partial charge in [0.15, 0.2) is 0 Å². The molecule has 1 aromatic heterocycles. The van der Waals surface area contributed by atoms with Crippen LogP contribution in [-0.4, -0.2) is 21.6 Å². The van der Waals surface area contributed by atoms with Crippen molar-refractivity contribution in [3.63, 3.8) is 0 Å². The fourth-order valence-corrected chi connectivity index (χ4v) is 0.709. The average Bonchev–Trinajstić information content (AvgIpc) is 2.07. The van der Waals surface area contributed by atoms with Crippen LogP contribution >= 0.6 is 0 Å². The van der Waals surface area contributed by atoms with Crippen LogP contribution in [0.25, 0.3) is 0 Å². The third-order valence-electron chi connectivity index (χ3n) is 1.23. The second kappa shape index (κ2) is 3.88. The van der Waals surface area contributed by atoms with Crippen molar-refractivity contribution in [3.8, 4) is 0 Å². The predicted octanol–water partition coefficient (Wildman–Crippen LogP) is 0.401. The van der Waals surface area contributed by atoms with Gasteiger partial charge in [-0.05, 0) is 6.92 Å². The maximum Gasteiger partial charge on any atom is 0.144 e. The number of aliphatic hydroxyl groups excluding tert-OH is 1. The minimum Gasteiger partial charge on any atom is -0.390 e. The summed E-state index contributed by atoms with van der Waals surface area (Å²) in [7, 11) is 0. The molecule has 0 atom stereocenters. The molecule has 11 heavy (non-hydrogen) atoms. The summed E-state index contributed by atoms with van der Waals surface area (Å²) in [5, 5.41) is 11.6. The van der Waals surface area contributed by atoms with E-state index in [0.29, 0.717) is 5.69 Å². The summed E-state index contributed by atoms with van der Waals surface area (Å²) in [6.07, 6.45) is 3.16. The Labute approximate surface area is 65.3 Å². The van der Waals surface area contributed by atoms with E-state index in [1.807, 2.05) is 6.92 Å². The van der Waals surface area contributed by atoms with Crippen LogP contribution in [-0.2, 0) is 6.61 Å². The Morgan fingerprint density at radius 3 is 2.73 bits per heavy atom. The smallest absolute Gasteiger partial charge is 0.144 e. The molecular weight excluding hydrogens is 142 g/mol. The van der Waals surface area contributed by atoms with E-state index in [9.17, 15) is 0 Å². The van der Waals surface area contributed by atoms with E-state index < -0.39 is 0 Å². The van der Waals surface area contributed by atoms with E-state index in [1.54, 1.807) is 12.4 Å². The van der Waals surface area contributed by atoms with E-state index in [2.05, 4.69) is 15.3 Å². The second-order valence-electron chi connectivity index (χ2n) is 2.08. The number of anilines is 1. The number of hydrogen-bond acceptors (Lipinski definition) is 4. The maximum atomic E-state index is 8.64. The van der Waals surface area contributed by atoms with Gasteiger partial charge in [-0.15, -0.1) is 0 Å². The third kappa shape index (κ3) is 2.16. The molecule has 0 aromatic carbocycles. The van der Waals surface area contributed by atoms with E-state index in [-0.39, 0.29) is 6.61 Å². The molecule has 0 bridgehead atoms. The Hall–Kier alpha value is -1.16. The van der Waals surface area contributed by atoms with Crippen LogP contribution in [0.4, 0.5) is 5.82 Å². The van der Waals surface area contributed by atoms with E-state index in [1.165, 1.54) is 0 Å². The van der Waals surface area contributed by atoms with Crippen molar-refractivity contribution in [2.45, 2.75) is 13.5 Å². The van der Waals surface area contributed by atoms with Crippen LogP contribution in [0.1, 0.15) is 12.6 Å². The zero-order valence-electron chi connectivity index (χ0n) is 6.41. The zero-order valence-corrected chi connectivity index (χ0v) is 6.41. The van der Waals surface area contributed by atoms with Crippen LogP contribution in [0, 0.1) is 0 Å². The number of nitrogens with zero attached hydrogens (tertiary/aromatic N) is 2. The quantitative estimate of drug-likeness (QED) is 0.660. The first-order valence-corrected chi connectivity index (χ1v) is 3.52. The van der Waals surface area contributed by atoms with Gasteiger partial charge in [0.25, 0.3) is 0 Å². The lowest BCUT2D eigenvalue weighted by molar-refractivity contribution is 0.276. The van der Waals surface area contributed by atoms with E-state index in [4.69, 9.17) is 5.11 Å².